The van der Waals surface area contributed by atoms with Crippen LogP contribution in [0.2, 0.25) is 0 Å². The van der Waals surface area contributed by atoms with Gasteiger partial charge in [-0.1, -0.05) is 12.1 Å². The van der Waals surface area contributed by atoms with E-state index < -0.39 is 0 Å². The maximum absolute atomic E-state index is 11.4. The number of amides is 1. The number of anilines is 1. The minimum atomic E-state index is -0.199. The van der Waals surface area contributed by atoms with Gasteiger partial charge in [-0.25, -0.2) is 9.50 Å². The summed E-state index contributed by atoms with van der Waals surface area (Å²) in [6.45, 7) is 1.46. The molecule has 1 aromatic carbocycles. The smallest absolute Gasteiger partial charge is 0.263 e. The number of hydrogen-bond acceptors (Lipinski definition) is 3. The van der Waals surface area contributed by atoms with E-state index in [0.29, 0.717) is 11.3 Å². The van der Waals surface area contributed by atoms with E-state index in [1.54, 1.807) is 22.8 Å². The lowest BCUT2D eigenvalue weighted by Crippen LogP contribution is -2.09. The number of H-pyrrole nitrogens is 1. The van der Waals surface area contributed by atoms with Crippen molar-refractivity contribution in [1.29, 1.82) is 0 Å². The van der Waals surface area contributed by atoms with Gasteiger partial charge < -0.3 is 5.32 Å². The van der Waals surface area contributed by atoms with Crippen molar-refractivity contribution in [2.24, 2.45) is 0 Å². The molecular formula is C14H12N4O2. The lowest BCUT2D eigenvalue weighted by atomic mass is 10.1. The van der Waals surface area contributed by atoms with Crippen LogP contribution < -0.4 is 10.9 Å². The van der Waals surface area contributed by atoms with Crippen LogP contribution in [0.1, 0.15) is 6.92 Å². The van der Waals surface area contributed by atoms with Gasteiger partial charge in [0.2, 0.25) is 5.91 Å². The largest absolute Gasteiger partial charge is 0.326 e. The third kappa shape index (κ3) is 2.18. The molecule has 6 heteroatoms. The predicted octanol–water partition coefficient (Wildman–Crippen LogP) is 1.65. The highest BCUT2D eigenvalue weighted by Gasteiger charge is 2.07. The van der Waals surface area contributed by atoms with Crippen molar-refractivity contribution in [2.45, 2.75) is 6.92 Å². The van der Waals surface area contributed by atoms with E-state index in [2.05, 4.69) is 15.4 Å². The molecule has 100 valence electrons. The van der Waals surface area contributed by atoms with Crippen LogP contribution in [-0.4, -0.2) is 20.5 Å². The molecule has 3 aromatic rings. The number of nitrogens with one attached hydrogen (secondary N) is 2. The molecule has 1 amide bonds. The van der Waals surface area contributed by atoms with Gasteiger partial charge in [-0.2, -0.15) is 0 Å². The van der Waals surface area contributed by atoms with E-state index in [1.165, 1.54) is 13.0 Å². The van der Waals surface area contributed by atoms with Gasteiger partial charge in [0.25, 0.3) is 5.56 Å². The molecule has 2 aromatic heterocycles. The molecule has 0 saturated heterocycles. The molecule has 0 spiro atoms. The van der Waals surface area contributed by atoms with Crippen LogP contribution in [0.15, 0.2) is 47.4 Å². The van der Waals surface area contributed by atoms with Crippen molar-refractivity contribution in [3.05, 3.63) is 52.9 Å². The summed E-state index contributed by atoms with van der Waals surface area (Å²) in [4.78, 5) is 26.7. The maximum Gasteiger partial charge on any atom is 0.263 e. The Morgan fingerprint density at radius 2 is 2.15 bits per heavy atom. The number of aromatic nitrogens is 3. The van der Waals surface area contributed by atoms with Gasteiger partial charge in [-0.3, -0.25) is 14.7 Å². The summed E-state index contributed by atoms with van der Waals surface area (Å²) in [5, 5.41) is 5.43. The molecule has 0 aliphatic rings. The van der Waals surface area contributed by atoms with Crippen LogP contribution in [0, 0.1) is 0 Å². The third-order valence-electron chi connectivity index (χ3n) is 2.87. The van der Waals surface area contributed by atoms with Gasteiger partial charge in [0, 0.05) is 24.2 Å². The van der Waals surface area contributed by atoms with Gasteiger partial charge >= 0.3 is 0 Å². The first-order valence-electron chi connectivity index (χ1n) is 6.08. The molecule has 0 bridgehead atoms. The van der Waals surface area contributed by atoms with Gasteiger partial charge in [-0.05, 0) is 18.2 Å². The molecule has 0 unspecified atom stereocenters. The monoisotopic (exact) mass is 268 g/mol. The zero-order valence-electron chi connectivity index (χ0n) is 10.8. The second kappa shape index (κ2) is 4.65. The Kier molecular flexibility index (Phi) is 2.83. The molecule has 6 nitrogen and oxygen atoms in total. The molecule has 0 atom stereocenters. The molecule has 0 fully saturated rings. The highest BCUT2D eigenvalue weighted by Crippen LogP contribution is 2.22. The number of fused-ring (bicyclic) bond motifs is 1. The number of benzene rings is 1. The second-order valence-electron chi connectivity index (χ2n) is 4.41. The van der Waals surface area contributed by atoms with Gasteiger partial charge in [-0.15, -0.1) is 0 Å². The Morgan fingerprint density at radius 1 is 1.30 bits per heavy atom. The normalized spacial score (nSPS) is 10.7. The average molecular weight is 268 g/mol. The van der Waals surface area contributed by atoms with Crippen LogP contribution in [0.3, 0.4) is 0 Å². The molecule has 0 radical (unpaired) electrons. The summed E-state index contributed by atoms with van der Waals surface area (Å²) in [6.07, 6.45) is 1.68. The lowest BCUT2D eigenvalue weighted by molar-refractivity contribution is -0.114. The van der Waals surface area contributed by atoms with Crippen LogP contribution in [-0.2, 0) is 4.79 Å². The van der Waals surface area contributed by atoms with E-state index >= 15 is 0 Å². The Balaban J connectivity index is 2.13. The molecule has 0 saturated carbocycles. The first-order chi connectivity index (χ1) is 9.63. The molecular weight excluding hydrogens is 256 g/mol. The Morgan fingerprint density at radius 3 is 2.95 bits per heavy atom. The Labute approximate surface area is 114 Å². The summed E-state index contributed by atoms with van der Waals surface area (Å²) >= 11 is 0. The fourth-order valence-corrected chi connectivity index (χ4v) is 2.06. The zero-order chi connectivity index (χ0) is 14.1. The number of aromatic amines is 1. The maximum atomic E-state index is 11.4. The van der Waals surface area contributed by atoms with Crippen molar-refractivity contribution in [3.8, 4) is 11.3 Å². The van der Waals surface area contributed by atoms with E-state index in [-0.39, 0.29) is 11.5 Å². The summed E-state index contributed by atoms with van der Waals surface area (Å²) in [5.74, 6) is -0.131. The van der Waals surface area contributed by atoms with Crippen LogP contribution in [0.25, 0.3) is 16.9 Å². The summed E-state index contributed by atoms with van der Waals surface area (Å²) in [7, 11) is 0. The van der Waals surface area contributed by atoms with Crippen LogP contribution >= 0.6 is 0 Å². The standard InChI is InChI=1S/C14H12N4O2/c1-9(19)16-11-4-2-3-10(7-11)12-8-15-13-5-6-14(20)17-18(12)13/h2-8H,1H3,(H,16,19)(H,17,20). The predicted molar refractivity (Wildman–Crippen MR) is 75.6 cm³/mol. The number of hydrogen-bond donors (Lipinski definition) is 2. The zero-order valence-corrected chi connectivity index (χ0v) is 10.8. The van der Waals surface area contributed by atoms with E-state index in [4.69, 9.17) is 0 Å². The average Bonchev–Trinajstić information content (AvgIpc) is 2.81. The van der Waals surface area contributed by atoms with E-state index in [1.807, 2.05) is 18.2 Å². The minimum Gasteiger partial charge on any atom is -0.326 e. The fourth-order valence-electron chi connectivity index (χ4n) is 2.06. The number of carbonyl (C=O) groups excluding carboxylic acids is 1. The fraction of sp³-hybridized carbons (Fsp3) is 0.0714. The van der Waals surface area contributed by atoms with Gasteiger partial charge in [0.05, 0.1) is 11.9 Å². The van der Waals surface area contributed by atoms with Crippen molar-refractivity contribution >= 4 is 17.2 Å². The Hall–Kier alpha value is -2.89. The molecule has 20 heavy (non-hydrogen) atoms. The first kappa shape index (κ1) is 12.2. The second-order valence-corrected chi connectivity index (χ2v) is 4.41. The van der Waals surface area contributed by atoms with Crippen LogP contribution in [0.5, 0.6) is 0 Å². The summed E-state index contributed by atoms with van der Waals surface area (Å²) in [6, 6.07) is 10.4. The summed E-state index contributed by atoms with van der Waals surface area (Å²) in [5.41, 5.74) is 2.76. The number of imidazole rings is 1. The van der Waals surface area contributed by atoms with Crippen molar-refractivity contribution in [3.63, 3.8) is 0 Å². The van der Waals surface area contributed by atoms with Crippen molar-refractivity contribution < 1.29 is 4.79 Å². The molecule has 2 N–H and O–H groups in total. The van der Waals surface area contributed by atoms with Crippen molar-refractivity contribution in [2.75, 3.05) is 5.32 Å². The highest BCUT2D eigenvalue weighted by atomic mass is 16.1. The molecule has 0 aliphatic heterocycles. The molecule has 0 aliphatic carbocycles. The first-order valence-corrected chi connectivity index (χ1v) is 6.08. The van der Waals surface area contributed by atoms with Gasteiger partial charge in [0.1, 0.15) is 0 Å². The van der Waals surface area contributed by atoms with Gasteiger partial charge in [0.15, 0.2) is 5.65 Å². The number of rotatable bonds is 2. The SMILES string of the molecule is CC(=O)Nc1cccc(-c2cnc3ccc(=O)[nH]n23)c1. The highest BCUT2D eigenvalue weighted by molar-refractivity contribution is 5.89. The minimum absolute atomic E-state index is 0.131. The number of carbonyl (C=O) groups is 1. The molecule has 2 heterocycles. The van der Waals surface area contributed by atoms with Crippen molar-refractivity contribution in [1.82, 2.24) is 14.6 Å². The topological polar surface area (TPSA) is 79.3 Å². The number of nitrogens with zero attached hydrogens (tertiary/aromatic N) is 2. The quantitative estimate of drug-likeness (QED) is 0.741. The third-order valence-corrected chi connectivity index (χ3v) is 2.87. The van der Waals surface area contributed by atoms with E-state index in [9.17, 15) is 9.59 Å². The molecule has 3 rings (SSSR count). The van der Waals surface area contributed by atoms with Crippen LogP contribution in [0.4, 0.5) is 5.69 Å². The van der Waals surface area contributed by atoms with E-state index in [0.717, 1.165) is 11.3 Å². The lowest BCUT2D eigenvalue weighted by Gasteiger charge is -2.05. The Bertz CT molecular complexity index is 848. The summed E-state index contributed by atoms with van der Waals surface area (Å²) < 4.78 is 1.62.